The zero-order valence-electron chi connectivity index (χ0n) is 9.94. The van der Waals surface area contributed by atoms with Gasteiger partial charge < -0.3 is 24.8 Å². The summed E-state index contributed by atoms with van der Waals surface area (Å²) in [6.45, 7) is 1.91. The molecule has 0 radical (unpaired) electrons. The van der Waals surface area contributed by atoms with Crippen molar-refractivity contribution >= 4 is 5.97 Å². The number of aliphatic hydroxyl groups excluding tert-OH is 3. The molecule has 0 unspecified atom stereocenters. The first-order valence-corrected chi connectivity index (χ1v) is 6.20. The molecule has 3 rings (SSSR count). The topological polar surface area (TPSA) is 99.5 Å². The van der Waals surface area contributed by atoms with Gasteiger partial charge in [0.15, 0.2) is 0 Å². The number of ether oxygens (including phenoxy) is 2. The highest BCUT2D eigenvalue weighted by Gasteiger charge is 2.60. The van der Waals surface area contributed by atoms with Crippen molar-refractivity contribution < 1.29 is 29.6 Å². The lowest BCUT2D eigenvalue weighted by Gasteiger charge is -2.36. The van der Waals surface area contributed by atoms with Gasteiger partial charge in [0.05, 0.1) is 5.57 Å². The Balaban J connectivity index is 1.99. The standard InChI is InChI=1S/C12H16O6/c1-2-3-4-7(13)5-6(12(16)17-4)9(15)11-10(18-11)8(5)14/h4,7-11,13-15H,2-3H2,1H3/t4-,7+,8+,9-,10-,11+/m1/s1. The summed E-state index contributed by atoms with van der Waals surface area (Å²) < 4.78 is 10.2. The molecule has 18 heavy (non-hydrogen) atoms. The predicted molar refractivity (Wildman–Crippen MR) is 58.5 cm³/mol. The molecule has 6 heteroatoms. The largest absolute Gasteiger partial charge is 0.456 e. The van der Waals surface area contributed by atoms with E-state index in [1.807, 2.05) is 6.92 Å². The van der Waals surface area contributed by atoms with Crippen molar-refractivity contribution in [3.8, 4) is 0 Å². The molecule has 2 heterocycles. The lowest BCUT2D eigenvalue weighted by atomic mass is 9.80. The van der Waals surface area contributed by atoms with Crippen LogP contribution in [0.15, 0.2) is 11.1 Å². The summed E-state index contributed by atoms with van der Waals surface area (Å²) in [6.07, 6.45) is -3.66. The Morgan fingerprint density at radius 3 is 2.44 bits per heavy atom. The van der Waals surface area contributed by atoms with Crippen molar-refractivity contribution in [3.63, 3.8) is 0 Å². The van der Waals surface area contributed by atoms with E-state index in [2.05, 4.69) is 0 Å². The van der Waals surface area contributed by atoms with Gasteiger partial charge in [0.2, 0.25) is 0 Å². The number of epoxide rings is 1. The SMILES string of the molecule is CCC[C@H]1OC(=O)C2=C([C@H]1O)[C@H](O)[C@H]1O[C@H]1[C@@H]2O. The predicted octanol–water partition coefficient (Wildman–Crippen LogP) is -1.13. The van der Waals surface area contributed by atoms with Crippen molar-refractivity contribution in [2.75, 3.05) is 0 Å². The fraction of sp³-hybridized carbons (Fsp3) is 0.750. The number of hydrogen-bond donors (Lipinski definition) is 3. The molecule has 0 aromatic rings. The molecule has 0 aromatic heterocycles. The Bertz CT molecular complexity index is 417. The number of fused-ring (bicyclic) bond motifs is 1. The van der Waals surface area contributed by atoms with Gasteiger partial charge in [0, 0.05) is 5.57 Å². The summed E-state index contributed by atoms with van der Waals surface area (Å²) in [5.74, 6) is -0.658. The summed E-state index contributed by atoms with van der Waals surface area (Å²) in [5, 5.41) is 30.2. The number of esters is 1. The van der Waals surface area contributed by atoms with Crippen molar-refractivity contribution in [3.05, 3.63) is 11.1 Å². The fourth-order valence-corrected chi connectivity index (χ4v) is 2.86. The molecule has 2 aliphatic heterocycles. The molecule has 0 saturated carbocycles. The highest BCUT2D eigenvalue weighted by Crippen LogP contribution is 2.44. The van der Waals surface area contributed by atoms with Gasteiger partial charge in [-0.3, -0.25) is 0 Å². The van der Waals surface area contributed by atoms with Gasteiger partial charge in [-0.05, 0) is 6.42 Å². The third-order valence-corrected chi connectivity index (χ3v) is 3.83. The van der Waals surface area contributed by atoms with Crippen LogP contribution in [0, 0.1) is 0 Å². The lowest BCUT2D eigenvalue weighted by Crippen LogP contribution is -2.50. The minimum atomic E-state index is -1.11. The Morgan fingerprint density at radius 2 is 1.78 bits per heavy atom. The quantitative estimate of drug-likeness (QED) is 0.427. The Morgan fingerprint density at radius 1 is 1.11 bits per heavy atom. The molecule has 0 amide bonds. The summed E-state index contributed by atoms with van der Waals surface area (Å²) in [6, 6.07) is 0. The van der Waals surface area contributed by atoms with Gasteiger partial charge in [-0.15, -0.1) is 0 Å². The average molecular weight is 256 g/mol. The molecule has 6 atom stereocenters. The van der Waals surface area contributed by atoms with E-state index in [9.17, 15) is 20.1 Å². The molecule has 0 aromatic carbocycles. The summed E-state index contributed by atoms with van der Waals surface area (Å²) in [4.78, 5) is 11.9. The van der Waals surface area contributed by atoms with Crippen LogP contribution < -0.4 is 0 Å². The van der Waals surface area contributed by atoms with Crippen LogP contribution in [0.25, 0.3) is 0 Å². The van der Waals surface area contributed by atoms with E-state index in [1.54, 1.807) is 0 Å². The molecular formula is C12H16O6. The molecule has 100 valence electrons. The van der Waals surface area contributed by atoms with E-state index in [0.29, 0.717) is 6.42 Å². The molecule has 3 N–H and O–H groups in total. The molecule has 1 aliphatic carbocycles. The number of cyclic esters (lactones) is 1. The summed E-state index contributed by atoms with van der Waals surface area (Å²) in [7, 11) is 0. The van der Waals surface area contributed by atoms with Crippen molar-refractivity contribution in [1.82, 2.24) is 0 Å². The molecule has 0 spiro atoms. The third-order valence-electron chi connectivity index (χ3n) is 3.83. The molecule has 6 nitrogen and oxygen atoms in total. The van der Waals surface area contributed by atoms with Crippen LogP contribution in [0.4, 0.5) is 0 Å². The molecule has 1 fully saturated rings. The Hall–Kier alpha value is -0.950. The molecule has 1 saturated heterocycles. The zero-order valence-corrected chi connectivity index (χ0v) is 9.94. The molecule has 0 bridgehead atoms. The van der Waals surface area contributed by atoms with E-state index >= 15 is 0 Å². The zero-order chi connectivity index (χ0) is 13.0. The first-order chi connectivity index (χ1) is 8.56. The van der Waals surface area contributed by atoms with E-state index in [-0.39, 0.29) is 11.1 Å². The molecule has 3 aliphatic rings. The lowest BCUT2D eigenvalue weighted by molar-refractivity contribution is -0.155. The minimum Gasteiger partial charge on any atom is -0.456 e. The van der Waals surface area contributed by atoms with Gasteiger partial charge in [-0.2, -0.15) is 0 Å². The van der Waals surface area contributed by atoms with E-state index in [4.69, 9.17) is 9.47 Å². The van der Waals surface area contributed by atoms with Gasteiger partial charge >= 0.3 is 5.97 Å². The maximum atomic E-state index is 11.9. The number of carbonyl (C=O) groups excluding carboxylic acids is 1. The van der Waals surface area contributed by atoms with Gasteiger partial charge in [0.25, 0.3) is 0 Å². The Labute approximate surface area is 104 Å². The van der Waals surface area contributed by atoms with Crippen LogP contribution in [0.3, 0.4) is 0 Å². The maximum absolute atomic E-state index is 11.9. The average Bonchev–Trinajstić information content (AvgIpc) is 3.11. The summed E-state index contributed by atoms with van der Waals surface area (Å²) in [5.41, 5.74) is 0.150. The van der Waals surface area contributed by atoms with Crippen LogP contribution in [0.5, 0.6) is 0 Å². The third kappa shape index (κ3) is 1.53. The number of aliphatic hydroxyl groups is 3. The highest BCUT2D eigenvalue weighted by molar-refractivity contribution is 5.93. The Kier molecular flexibility index (Phi) is 2.71. The normalized spacial score (nSPS) is 46.3. The van der Waals surface area contributed by atoms with Crippen LogP contribution in [0.2, 0.25) is 0 Å². The smallest absolute Gasteiger partial charge is 0.337 e. The van der Waals surface area contributed by atoms with Crippen LogP contribution in [0.1, 0.15) is 19.8 Å². The van der Waals surface area contributed by atoms with E-state index in [1.165, 1.54) is 0 Å². The van der Waals surface area contributed by atoms with Crippen molar-refractivity contribution in [2.45, 2.75) is 56.4 Å². The summed E-state index contributed by atoms with van der Waals surface area (Å²) >= 11 is 0. The van der Waals surface area contributed by atoms with E-state index < -0.39 is 42.6 Å². The van der Waals surface area contributed by atoms with Gasteiger partial charge in [-0.25, -0.2) is 4.79 Å². The second-order valence-corrected chi connectivity index (χ2v) is 5.00. The minimum absolute atomic E-state index is 0.0268. The van der Waals surface area contributed by atoms with Crippen LogP contribution in [-0.4, -0.2) is 57.9 Å². The first kappa shape index (κ1) is 12.1. The monoisotopic (exact) mass is 256 g/mol. The first-order valence-electron chi connectivity index (χ1n) is 6.20. The second-order valence-electron chi connectivity index (χ2n) is 5.00. The second kappa shape index (κ2) is 4.03. The molecular weight excluding hydrogens is 240 g/mol. The van der Waals surface area contributed by atoms with Gasteiger partial charge in [0.1, 0.15) is 36.6 Å². The maximum Gasteiger partial charge on any atom is 0.337 e. The van der Waals surface area contributed by atoms with Crippen LogP contribution in [-0.2, 0) is 14.3 Å². The van der Waals surface area contributed by atoms with Crippen LogP contribution >= 0.6 is 0 Å². The number of hydrogen-bond acceptors (Lipinski definition) is 6. The highest BCUT2D eigenvalue weighted by atomic mass is 16.6. The number of carbonyl (C=O) groups is 1. The van der Waals surface area contributed by atoms with E-state index in [0.717, 1.165) is 6.42 Å². The van der Waals surface area contributed by atoms with Crippen molar-refractivity contribution in [1.29, 1.82) is 0 Å². The van der Waals surface area contributed by atoms with Gasteiger partial charge in [-0.1, -0.05) is 13.3 Å². The van der Waals surface area contributed by atoms with Crippen molar-refractivity contribution in [2.24, 2.45) is 0 Å². The number of rotatable bonds is 2. The fourth-order valence-electron chi connectivity index (χ4n) is 2.86.